The second kappa shape index (κ2) is 4.18. The molecule has 0 aliphatic rings. The first-order valence-corrected chi connectivity index (χ1v) is 4.92. The van der Waals surface area contributed by atoms with E-state index >= 15 is 0 Å². The van der Waals surface area contributed by atoms with E-state index in [0.717, 1.165) is 5.56 Å². The summed E-state index contributed by atoms with van der Waals surface area (Å²) in [6.45, 7) is 1.54. The molecule has 1 unspecified atom stereocenters. The number of nitrogens with zero attached hydrogens (tertiary/aromatic N) is 1. The Morgan fingerprint density at radius 3 is 2.69 bits per heavy atom. The van der Waals surface area contributed by atoms with Gasteiger partial charge in [0.1, 0.15) is 5.92 Å². The van der Waals surface area contributed by atoms with Crippen molar-refractivity contribution in [1.29, 1.82) is 0 Å². The Morgan fingerprint density at radius 2 is 2.06 bits per heavy atom. The lowest BCUT2D eigenvalue weighted by Gasteiger charge is -1.99. The molecule has 0 aliphatic heterocycles. The number of hydrogen-bond donors (Lipinski definition) is 1. The highest BCUT2D eigenvalue weighted by Gasteiger charge is 2.19. The summed E-state index contributed by atoms with van der Waals surface area (Å²) in [7, 11) is 0. The quantitative estimate of drug-likeness (QED) is 0.858. The molecule has 0 saturated carbocycles. The van der Waals surface area contributed by atoms with Crippen molar-refractivity contribution in [3.63, 3.8) is 0 Å². The number of aromatic nitrogens is 1. The maximum absolute atomic E-state index is 10.7. The van der Waals surface area contributed by atoms with E-state index in [1.807, 2.05) is 30.3 Å². The highest BCUT2D eigenvalue weighted by Crippen LogP contribution is 2.23. The fraction of sp³-hybridized carbons (Fsp3) is 0.167. The molecule has 0 radical (unpaired) electrons. The van der Waals surface area contributed by atoms with E-state index in [2.05, 4.69) is 4.98 Å². The number of benzene rings is 1. The molecule has 0 bridgehead atoms. The van der Waals surface area contributed by atoms with Gasteiger partial charge in [0.25, 0.3) is 0 Å². The molecule has 0 amide bonds. The average Bonchev–Trinajstić information content (AvgIpc) is 2.78. The molecule has 1 heterocycles. The van der Waals surface area contributed by atoms with Crippen LogP contribution in [0.15, 0.2) is 40.9 Å². The topological polar surface area (TPSA) is 63.3 Å². The van der Waals surface area contributed by atoms with E-state index in [4.69, 9.17) is 9.52 Å². The average molecular weight is 217 g/mol. The number of rotatable bonds is 3. The molecule has 1 aromatic heterocycles. The van der Waals surface area contributed by atoms with E-state index < -0.39 is 11.9 Å². The summed E-state index contributed by atoms with van der Waals surface area (Å²) in [5.74, 6) is -0.853. The van der Waals surface area contributed by atoms with E-state index in [9.17, 15) is 4.79 Å². The predicted molar refractivity (Wildman–Crippen MR) is 58.0 cm³/mol. The minimum Gasteiger partial charge on any atom is -0.481 e. The van der Waals surface area contributed by atoms with Gasteiger partial charge in [0.05, 0.1) is 6.20 Å². The maximum atomic E-state index is 10.7. The minimum absolute atomic E-state index is 0.228. The first-order chi connectivity index (χ1) is 7.68. The molecule has 82 valence electrons. The zero-order valence-corrected chi connectivity index (χ0v) is 8.75. The standard InChI is InChI=1S/C12H11NO3/c1-8(12(14)15)11-13-7-10(16-11)9-5-3-2-4-6-9/h2-8H,1H3,(H,14,15). The molecule has 2 aromatic rings. The van der Waals surface area contributed by atoms with Crippen molar-refractivity contribution in [1.82, 2.24) is 4.98 Å². The summed E-state index contributed by atoms with van der Waals surface area (Å²) in [5.41, 5.74) is 0.888. The molecule has 1 N–H and O–H groups in total. The number of carboxylic acid groups (broad SMARTS) is 1. The van der Waals surface area contributed by atoms with Crippen molar-refractivity contribution in [3.8, 4) is 11.3 Å². The second-order valence-corrected chi connectivity index (χ2v) is 3.49. The van der Waals surface area contributed by atoms with Crippen LogP contribution in [0.4, 0.5) is 0 Å². The summed E-state index contributed by atoms with van der Waals surface area (Å²) in [6.07, 6.45) is 1.55. The van der Waals surface area contributed by atoms with Crippen LogP contribution in [0.2, 0.25) is 0 Å². The monoisotopic (exact) mass is 217 g/mol. The van der Waals surface area contributed by atoms with Gasteiger partial charge in [0, 0.05) is 5.56 Å². The number of oxazole rings is 1. The van der Waals surface area contributed by atoms with Crippen LogP contribution in [-0.4, -0.2) is 16.1 Å². The molecule has 0 spiro atoms. The largest absolute Gasteiger partial charge is 0.481 e. The Kier molecular flexibility index (Phi) is 2.72. The summed E-state index contributed by atoms with van der Waals surface area (Å²) in [5, 5.41) is 8.82. The van der Waals surface area contributed by atoms with Gasteiger partial charge < -0.3 is 9.52 Å². The van der Waals surface area contributed by atoms with Gasteiger partial charge in [-0.15, -0.1) is 0 Å². The zero-order valence-electron chi connectivity index (χ0n) is 8.75. The normalized spacial score (nSPS) is 12.3. The van der Waals surface area contributed by atoms with Crippen molar-refractivity contribution in [2.75, 3.05) is 0 Å². The van der Waals surface area contributed by atoms with Crippen LogP contribution < -0.4 is 0 Å². The Bertz CT molecular complexity index is 490. The summed E-state index contributed by atoms with van der Waals surface area (Å²) in [6, 6.07) is 9.45. The lowest BCUT2D eigenvalue weighted by Crippen LogP contribution is -2.07. The van der Waals surface area contributed by atoms with Crippen LogP contribution in [0.1, 0.15) is 18.7 Å². The van der Waals surface area contributed by atoms with E-state index in [1.54, 1.807) is 13.1 Å². The minimum atomic E-state index is -0.943. The van der Waals surface area contributed by atoms with Crippen molar-refractivity contribution < 1.29 is 14.3 Å². The maximum Gasteiger partial charge on any atom is 0.315 e. The third kappa shape index (κ3) is 1.95. The van der Waals surface area contributed by atoms with Gasteiger partial charge in [-0.25, -0.2) is 4.98 Å². The third-order valence-corrected chi connectivity index (χ3v) is 2.32. The Balaban J connectivity index is 2.30. The molecule has 0 aliphatic carbocycles. The number of aliphatic carboxylic acids is 1. The highest BCUT2D eigenvalue weighted by molar-refractivity contribution is 5.74. The van der Waals surface area contributed by atoms with Crippen LogP contribution in [0.25, 0.3) is 11.3 Å². The van der Waals surface area contributed by atoms with E-state index in [1.165, 1.54) is 0 Å². The first kappa shape index (κ1) is 10.4. The predicted octanol–water partition coefficient (Wildman–Crippen LogP) is 2.53. The van der Waals surface area contributed by atoms with Gasteiger partial charge in [-0.3, -0.25) is 4.79 Å². The highest BCUT2D eigenvalue weighted by atomic mass is 16.4. The van der Waals surface area contributed by atoms with Crippen molar-refractivity contribution in [3.05, 3.63) is 42.4 Å². The summed E-state index contributed by atoms with van der Waals surface area (Å²) in [4.78, 5) is 14.7. The van der Waals surface area contributed by atoms with Crippen LogP contribution >= 0.6 is 0 Å². The van der Waals surface area contributed by atoms with Gasteiger partial charge in [-0.05, 0) is 6.92 Å². The van der Waals surface area contributed by atoms with Gasteiger partial charge in [0.2, 0.25) is 5.89 Å². The summed E-state index contributed by atoms with van der Waals surface area (Å²) >= 11 is 0. The van der Waals surface area contributed by atoms with Gasteiger partial charge in [0.15, 0.2) is 5.76 Å². The lowest BCUT2D eigenvalue weighted by atomic mass is 10.2. The molecule has 0 saturated heterocycles. The molecular weight excluding hydrogens is 206 g/mol. The third-order valence-electron chi connectivity index (χ3n) is 2.32. The van der Waals surface area contributed by atoms with Gasteiger partial charge >= 0.3 is 5.97 Å². The smallest absolute Gasteiger partial charge is 0.315 e. The number of carbonyl (C=O) groups is 1. The van der Waals surface area contributed by atoms with Crippen LogP contribution in [0.3, 0.4) is 0 Å². The lowest BCUT2D eigenvalue weighted by molar-refractivity contribution is -0.138. The Hall–Kier alpha value is -2.10. The van der Waals surface area contributed by atoms with Gasteiger partial charge in [-0.1, -0.05) is 30.3 Å². The summed E-state index contributed by atoms with van der Waals surface area (Å²) < 4.78 is 5.40. The van der Waals surface area contributed by atoms with Crippen molar-refractivity contribution >= 4 is 5.97 Å². The zero-order chi connectivity index (χ0) is 11.5. The molecular formula is C12H11NO3. The van der Waals surface area contributed by atoms with Crippen LogP contribution in [0.5, 0.6) is 0 Å². The number of carboxylic acids is 1. The van der Waals surface area contributed by atoms with E-state index in [-0.39, 0.29) is 5.89 Å². The molecule has 2 rings (SSSR count). The fourth-order valence-corrected chi connectivity index (χ4v) is 1.33. The first-order valence-electron chi connectivity index (χ1n) is 4.92. The Morgan fingerprint density at radius 1 is 1.38 bits per heavy atom. The number of hydrogen-bond acceptors (Lipinski definition) is 3. The van der Waals surface area contributed by atoms with Crippen LogP contribution in [-0.2, 0) is 4.79 Å². The van der Waals surface area contributed by atoms with Crippen molar-refractivity contribution in [2.24, 2.45) is 0 Å². The van der Waals surface area contributed by atoms with Gasteiger partial charge in [-0.2, -0.15) is 0 Å². The van der Waals surface area contributed by atoms with Crippen molar-refractivity contribution in [2.45, 2.75) is 12.8 Å². The van der Waals surface area contributed by atoms with Crippen LogP contribution in [0, 0.1) is 0 Å². The molecule has 1 atom stereocenters. The molecule has 0 fully saturated rings. The molecule has 16 heavy (non-hydrogen) atoms. The molecule has 4 heteroatoms. The Labute approximate surface area is 92.6 Å². The molecule has 1 aromatic carbocycles. The second-order valence-electron chi connectivity index (χ2n) is 3.49. The fourth-order valence-electron chi connectivity index (χ4n) is 1.33. The SMILES string of the molecule is CC(C(=O)O)c1ncc(-c2ccccc2)o1. The molecule has 4 nitrogen and oxygen atoms in total. The van der Waals surface area contributed by atoms with E-state index in [0.29, 0.717) is 5.76 Å².